The third-order valence-corrected chi connectivity index (χ3v) is 4.03. The second-order valence-corrected chi connectivity index (χ2v) is 5.81. The first-order valence-corrected chi connectivity index (χ1v) is 7.58. The van der Waals surface area contributed by atoms with E-state index in [2.05, 4.69) is 15.8 Å². The molecule has 0 saturated carbocycles. The first kappa shape index (κ1) is 16.0. The summed E-state index contributed by atoms with van der Waals surface area (Å²) in [6.45, 7) is 1.83. The average Bonchev–Trinajstić information content (AvgIpc) is 2.92. The highest BCUT2D eigenvalue weighted by Crippen LogP contribution is 2.24. The molecule has 122 valence electrons. The average molecular weight is 344 g/mol. The van der Waals surface area contributed by atoms with Gasteiger partial charge in [0.05, 0.1) is 28.4 Å². The minimum absolute atomic E-state index is 0.0108. The van der Waals surface area contributed by atoms with Crippen LogP contribution >= 0.6 is 11.6 Å². The van der Waals surface area contributed by atoms with E-state index in [0.29, 0.717) is 17.8 Å². The lowest BCUT2D eigenvalue weighted by atomic mass is 10.1. The molecule has 0 atom stereocenters. The van der Waals surface area contributed by atoms with Crippen LogP contribution in [0.3, 0.4) is 0 Å². The molecule has 2 aromatic rings. The smallest absolute Gasteiger partial charge is 0.337 e. The minimum atomic E-state index is -1.10. The third-order valence-electron chi connectivity index (χ3n) is 3.70. The van der Waals surface area contributed by atoms with Crippen LogP contribution in [0.4, 0.5) is 11.4 Å². The predicted molar refractivity (Wildman–Crippen MR) is 93.0 cm³/mol. The monoisotopic (exact) mass is 343 g/mol. The van der Waals surface area contributed by atoms with E-state index in [9.17, 15) is 9.59 Å². The van der Waals surface area contributed by atoms with E-state index in [0.717, 1.165) is 16.8 Å². The Morgan fingerprint density at radius 3 is 2.83 bits per heavy atom. The lowest BCUT2D eigenvalue weighted by molar-refractivity contribution is -0.115. The summed E-state index contributed by atoms with van der Waals surface area (Å²) in [6, 6.07) is 10.2. The third kappa shape index (κ3) is 3.23. The van der Waals surface area contributed by atoms with Gasteiger partial charge >= 0.3 is 5.97 Å². The fourth-order valence-electron chi connectivity index (χ4n) is 2.43. The molecule has 0 aromatic heterocycles. The minimum Gasteiger partial charge on any atom is -0.478 e. The van der Waals surface area contributed by atoms with Gasteiger partial charge in [0.25, 0.3) is 0 Å². The van der Waals surface area contributed by atoms with Crippen LogP contribution in [0.5, 0.6) is 0 Å². The van der Waals surface area contributed by atoms with Gasteiger partial charge in [-0.05, 0) is 48.4 Å². The molecule has 1 aliphatic rings. The zero-order valence-corrected chi connectivity index (χ0v) is 13.5. The number of fused-ring (bicyclic) bond motifs is 1. The molecule has 0 bridgehead atoms. The van der Waals surface area contributed by atoms with Crippen molar-refractivity contribution in [2.24, 2.45) is 5.10 Å². The van der Waals surface area contributed by atoms with Crippen LogP contribution in [0.2, 0.25) is 5.02 Å². The van der Waals surface area contributed by atoms with Crippen molar-refractivity contribution in [2.45, 2.75) is 13.3 Å². The number of nitrogens with one attached hydrogen (secondary N) is 2. The lowest BCUT2D eigenvalue weighted by Crippen LogP contribution is -2.03. The maximum Gasteiger partial charge on any atom is 0.337 e. The number of hydrogen-bond donors (Lipinski definition) is 3. The Labute approximate surface area is 143 Å². The Morgan fingerprint density at radius 1 is 1.29 bits per heavy atom. The highest BCUT2D eigenvalue weighted by atomic mass is 35.5. The number of hydrogen-bond acceptors (Lipinski definition) is 4. The number of aromatic carboxylic acids is 1. The molecule has 0 saturated heterocycles. The Bertz CT molecular complexity index is 877. The van der Waals surface area contributed by atoms with Crippen molar-refractivity contribution in [3.05, 3.63) is 58.1 Å². The van der Waals surface area contributed by atoms with Gasteiger partial charge in [-0.1, -0.05) is 17.7 Å². The molecule has 0 aliphatic carbocycles. The number of rotatable bonds is 4. The summed E-state index contributed by atoms with van der Waals surface area (Å²) in [5.74, 6) is -1.11. The molecule has 24 heavy (non-hydrogen) atoms. The van der Waals surface area contributed by atoms with Crippen LogP contribution in [0.15, 0.2) is 41.5 Å². The number of benzene rings is 2. The number of carboxylic acids is 1. The van der Waals surface area contributed by atoms with Crippen LogP contribution in [0.25, 0.3) is 0 Å². The van der Waals surface area contributed by atoms with Crippen molar-refractivity contribution in [1.82, 2.24) is 0 Å². The van der Waals surface area contributed by atoms with Gasteiger partial charge in [0.2, 0.25) is 5.91 Å². The Balaban J connectivity index is 1.80. The normalized spacial score (nSPS) is 13.4. The summed E-state index contributed by atoms with van der Waals surface area (Å²) in [5.41, 5.74) is 6.71. The van der Waals surface area contributed by atoms with E-state index in [1.54, 1.807) is 6.07 Å². The van der Waals surface area contributed by atoms with Crippen LogP contribution in [-0.4, -0.2) is 22.7 Å². The Kier molecular flexibility index (Phi) is 4.22. The van der Waals surface area contributed by atoms with Gasteiger partial charge in [-0.3, -0.25) is 10.2 Å². The van der Waals surface area contributed by atoms with Crippen molar-refractivity contribution in [1.29, 1.82) is 0 Å². The summed E-state index contributed by atoms with van der Waals surface area (Å²) >= 11 is 5.84. The number of carbonyl (C=O) groups is 2. The molecular formula is C17H14ClN3O3. The van der Waals surface area contributed by atoms with Crippen molar-refractivity contribution < 1.29 is 14.7 Å². The lowest BCUT2D eigenvalue weighted by Gasteiger charge is -2.07. The van der Waals surface area contributed by atoms with E-state index in [-0.39, 0.29) is 16.5 Å². The largest absolute Gasteiger partial charge is 0.478 e. The summed E-state index contributed by atoms with van der Waals surface area (Å²) < 4.78 is 0. The number of amides is 1. The standard InChI is InChI=1S/C17H14ClN3O3/c1-9(10-2-5-15-11(6-10)7-16(22)19-15)20-21-12-3-4-14(18)13(8-12)17(23)24/h2-6,8,21H,7H2,1H3,(H,19,22)(H,23,24)/b20-9+. The summed E-state index contributed by atoms with van der Waals surface area (Å²) in [5, 5.41) is 16.3. The molecule has 0 radical (unpaired) electrons. The highest BCUT2D eigenvalue weighted by molar-refractivity contribution is 6.33. The van der Waals surface area contributed by atoms with E-state index in [1.165, 1.54) is 12.1 Å². The number of anilines is 2. The van der Waals surface area contributed by atoms with Gasteiger partial charge in [0.1, 0.15) is 0 Å². The fraction of sp³-hybridized carbons (Fsp3) is 0.118. The first-order valence-electron chi connectivity index (χ1n) is 7.20. The first-order chi connectivity index (χ1) is 11.4. The fourth-order valence-corrected chi connectivity index (χ4v) is 2.62. The molecular weight excluding hydrogens is 330 g/mol. The number of carbonyl (C=O) groups excluding carboxylic acids is 1. The second-order valence-electron chi connectivity index (χ2n) is 5.41. The predicted octanol–water partition coefficient (Wildman–Crippen LogP) is 3.37. The summed E-state index contributed by atoms with van der Waals surface area (Å²) in [6.07, 6.45) is 0.364. The van der Waals surface area contributed by atoms with Crippen molar-refractivity contribution in [3.63, 3.8) is 0 Å². The zero-order chi connectivity index (χ0) is 17.3. The molecule has 0 fully saturated rings. The van der Waals surface area contributed by atoms with Gasteiger partial charge in [0.15, 0.2) is 0 Å². The molecule has 3 N–H and O–H groups in total. The van der Waals surface area contributed by atoms with E-state index in [4.69, 9.17) is 16.7 Å². The molecule has 2 aromatic carbocycles. The highest BCUT2D eigenvalue weighted by Gasteiger charge is 2.17. The van der Waals surface area contributed by atoms with Gasteiger partial charge in [-0.2, -0.15) is 5.10 Å². The van der Waals surface area contributed by atoms with Crippen LogP contribution < -0.4 is 10.7 Å². The second kappa shape index (κ2) is 6.33. The summed E-state index contributed by atoms with van der Waals surface area (Å²) in [4.78, 5) is 22.5. The number of halogens is 1. The van der Waals surface area contributed by atoms with Crippen LogP contribution in [0, 0.1) is 0 Å². The Hall–Kier alpha value is -2.86. The maximum absolute atomic E-state index is 11.4. The van der Waals surface area contributed by atoms with Gasteiger partial charge in [-0.15, -0.1) is 0 Å². The molecule has 1 aliphatic heterocycles. The molecule has 1 amide bonds. The quantitative estimate of drug-likeness (QED) is 0.586. The maximum atomic E-state index is 11.4. The summed E-state index contributed by atoms with van der Waals surface area (Å²) in [7, 11) is 0. The van der Waals surface area contributed by atoms with Crippen LogP contribution in [-0.2, 0) is 11.2 Å². The molecule has 0 unspecified atom stereocenters. The van der Waals surface area contributed by atoms with Crippen molar-refractivity contribution in [3.8, 4) is 0 Å². The molecule has 6 nitrogen and oxygen atoms in total. The molecule has 0 spiro atoms. The zero-order valence-electron chi connectivity index (χ0n) is 12.8. The number of carboxylic acid groups (broad SMARTS) is 1. The van der Waals surface area contributed by atoms with Crippen molar-refractivity contribution >= 4 is 40.6 Å². The van der Waals surface area contributed by atoms with E-state index in [1.807, 2.05) is 25.1 Å². The van der Waals surface area contributed by atoms with E-state index >= 15 is 0 Å². The number of nitrogens with zero attached hydrogens (tertiary/aromatic N) is 1. The van der Waals surface area contributed by atoms with Gasteiger partial charge in [-0.25, -0.2) is 4.79 Å². The molecule has 1 heterocycles. The topological polar surface area (TPSA) is 90.8 Å². The van der Waals surface area contributed by atoms with E-state index < -0.39 is 5.97 Å². The van der Waals surface area contributed by atoms with Gasteiger partial charge < -0.3 is 10.4 Å². The van der Waals surface area contributed by atoms with Gasteiger partial charge in [0, 0.05) is 5.69 Å². The SMILES string of the molecule is C/C(=N\Nc1ccc(Cl)c(C(=O)O)c1)c1ccc2c(c1)CC(=O)N2. The Morgan fingerprint density at radius 2 is 2.08 bits per heavy atom. The molecule has 3 rings (SSSR count). The van der Waals surface area contributed by atoms with Crippen molar-refractivity contribution in [2.75, 3.05) is 10.7 Å². The van der Waals surface area contributed by atoms with Crippen LogP contribution in [0.1, 0.15) is 28.4 Å². The number of hydrazone groups is 1. The molecule has 7 heteroatoms.